The lowest BCUT2D eigenvalue weighted by Crippen LogP contribution is -2.27. The number of hydrogen-bond donors (Lipinski definition) is 1. The molecule has 0 saturated carbocycles. The Hall–Kier alpha value is -1.44. The van der Waals surface area contributed by atoms with Crippen LogP contribution in [0.5, 0.6) is 0 Å². The van der Waals surface area contributed by atoms with Gasteiger partial charge in [0.15, 0.2) is 0 Å². The van der Waals surface area contributed by atoms with E-state index in [4.69, 9.17) is 5.26 Å². The molecular formula is C13H19N3O. The SMILES string of the molecule is CC(O)CCN(CCC#N)Cc1cccnc1. The van der Waals surface area contributed by atoms with Crippen molar-refractivity contribution in [2.75, 3.05) is 13.1 Å². The monoisotopic (exact) mass is 233 g/mol. The van der Waals surface area contributed by atoms with Crippen LogP contribution in [0.4, 0.5) is 0 Å². The zero-order chi connectivity index (χ0) is 12.5. The van der Waals surface area contributed by atoms with E-state index < -0.39 is 0 Å². The highest BCUT2D eigenvalue weighted by atomic mass is 16.3. The van der Waals surface area contributed by atoms with Crippen LogP contribution in [0.2, 0.25) is 0 Å². The summed E-state index contributed by atoms with van der Waals surface area (Å²) in [6.45, 7) is 4.10. The third-order valence-corrected chi connectivity index (χ3v) is 2.53. The van der Waals surface area contributed by atoms with Crippen LogP contribution in [-0.2, 0) is 6.54 Å². The second-order valence-electron chi connectivity index (χ2n) is 4.18. The van der Waals surface area contributed by atoms with Gasteiger partial charge in [-0.3, -0.25) is 9.88 Å². The van der Waals surface area contributed by atoms with E-state index in [1.165, 1.54) is 0 Å². The van der Waals surface area contributed by atoms with Crippen LogP contribution >= 0.6 is 0 Å². The first kappa shape index (κ1) is 13.6. The van der Waals surface area contributed by atoms with Crippen LogP contribution in [0.25, 0.3) is 0 Å². The molecule has 92 valence electrons. The molecule has 0 bridgehead atoms. The number of nitriles is 1. The van der Waals surface area contributed by atoms with Gasteiger partial charge in [0.25, 0.3) is 0 Å². The first-order valence-electron chi connectivity index (χ1n) is 5.88. The van der Waals surface area contributed by atoms with Crippen molar-refractivity contribution in [3.63, 3.8) is 0 Å². The minimum Gasteiger partial charge on any atom is -0.393 e. The maximum atomic E-state index is 9.29. The molecule has 17 heavy (non-hydrogen) atoms. The molecule has 4 heteroatoms. The first-order valence-corrected chi connectivity index (χ1v) is 5.88. The Labute approximate surface area is 103 Å². The number of nitrogens with zero attached hydrogens (tertiary/aromatic N) is 3. The molecule has 0 aliphatic carbocycles. The standard InChI is InChI=1S/C13H19N3O/c1-12(17)5-9-16(8-3-6-14)11-13-4-2-7-15-10-13/h2,4,7,10,12,17H,3,5,8-9,11H2,1H3. The lowest BCUT2D eigenvalue weighted by atomic mass is 10.2. The zero-order valence-electron chi connectivity index (χ0n) is 10.2. The van der Waals surface area contributed by atoms with Gasteiger partial charge in [0, 0.05) is 38.4 Å². The summed E-state index contributed by atoms with van der Waals surface area (Å²) in [7, 11) is 0. The summed E-state index contributed by atoms with van der Waals surface area (Å²) in [6, 6.07) is 6.08. The van der Waals surface area contributed by atoms with E-state index in [0.29, 0.717) is 6.42 Å². The van der Waals surface area contributed by atoms with Gasteiger partial charge in [-0.1, -0.05) is 6.07 Å². The molecule has 0 amide bonds. The fourth-order valence-corrected chi connectivity index (χ4v) is 1.60. The molecule has 1 atom stereocenters. The molecule has 0 radical (unpaired) electrons. The molecule has 1 N–H and O–H groups in total. The second-order valence-corrected chi connectivity index (χ2v) is 4.18. The number of aliphatic hydroxyl groups excluding tert-OH is 1. The van der Waals surface area contributed by atoms with Gasteiger partial charge in [0.1, 0.15) is 0 Å². The molecule has 4 nitrogen and oxygen atoms in total. The summed E-state index contributed by atoms with van der Waals surface area (Å²) >= 11 is 0. The lowest BCUT2D eigenvalue weighted by Gasteiger charge is -2.21. The third-order valence-electron chi connectivity index (χ3n) is 2.53. The van der Waals surface area contributed by atoms with Crippen LogP contribution in [0.1, 0.15) is 25.3 Å². The minimum atomic E-state index is -0.298. The molecule has 1 rings (SSSR count). The topological polar surface area (TPSA) is 60.1 Å². The van der Waals surface area contributed by atoms with Gasteiger partial charge in [-0.25, -0.2) is 0 Å². The molecule has 0 fully saturated rings. The van der Waals surface area contributed by atoms with E-state index in [0.717, 1.165) is 31.6 Å². The number of aromatic nitrogens is 1. The fourth-order valence-electron chi connectivity index (χ4n) is 1.60. The summed E-state index contributed by atoms with van der Waals surface area (Å²) < 4.78 is 0. The fraction of sp³-hybridized carbons (Fsp3) is 0.538. The van der Waals surface area contributed by atoms with E-state index in [9.17, 15) is 5.11 Å². The average molecular weight is 233 g/mol. The summed E-state index contributed by atoms with van der Waals surface area (Å²) in [4.78, 5) is 6.25. The van der Waals surface area contributed by atoms with Crippen LogP contribution in [0.15, 0.2) is 24.5 Å². The predicted octanol–water partition coefficient (Wildman–Crippen LogP) is 1.57. The summed E-state index contributed by atoms with van der Waals surface area (Å²) in [6.07, 6.45) is 4.53. The van der Waals surface area contributed by atoms with Gasteiger partial charge < -0.3 is 5.11 Å². The van der Waals surface area contributed by atoms with Crippen molar-refractivity contribution in [2.24, 2.45) is 0 Å². The van der Waals surface area contributed by atoms with Gasteiger partial charge in [-0.05, 0) is 25.0 Å². The average Bonchev–Trinajstić information content (AvgIpc) is 2.34. The molecule has 0 saturated heterocycles. The normalized spacial score (nSPS) is 12.4. The molecule has 1 heterocycles. The summed E-state index contributed by atoms with van der Waals surface area (Å²) in [5.41, 5.74) is 1.14. The Morgan fingerprint density at radius 1 is 1.53 bits per heavy atom. The number of hydrogen-bond acceptors (Lipinski definition) is 4. The Balaban J connectivity index is 2.48. The van der Waals surface area contributed by atoms with Gasteiger partial charge in [-0.2, -0.15) is 5.26 Å². The Bertz CT molecular complexity index is 345. The summed E-state index contributed by atoms with van der Waals surface area (Å²) in [5.74, 6) is 0. The van der Waals surface area contributed by atoms with Crippen molar-refractivity contribution in [2.45, 2.75) is 32.4 Å². The largest absolute Gasteiger partial charge is 0.393 e. The highest BCUT2D eigenvalue weighted by Gasteiger charge is 2.07. The molecule has 0 aliphatic rings. The third kappa shape index (κ3) is 6.00. The Morgan fingerprint density at radius 2 is 2.35 bits per heavy atom. The van der Waals surface area contributed by atoms with Crippen molar-refractivity contribution in [1.82, 2.24) is 9.88 Å². The van der Waals surface area contributed by atoms with E-state index in [2.05, 4.69) is 16.0 Å². The molecule has 0 aliphatic heterocycles. The van der Waals surface area contributed by atoms with Gasteiger partial charge in [0.05, 0.1) is 12.2 Å². The van der Waals surface area contributed by atoms with Crippen LogP contribution < -0.4 is 0 Å². The van der Waals surface area contributed by atoms with Crippen LogP contribution in [-0.4, -0.2) is 34.2 Å². The van der Waals surface area contributed by atoms with Gasteiger partial charge in [-0.15, -0.1) is 0 Å². The summed E-state index contributed by atoms with van der Waals surface area (Å²) in [5, 5.41) is 17.9. The molecule has 1 unspecified atom stereocenters. The molecule has 1 aromatic heterocycles. The Morgan fingerprint density at radius 3 is 2.94 bits per heavy atom. The molecular weight excluding hydrogens is 214 g/mol. The molecule has 0 aromatic carbocycles. The van der Waals surface area contributed by atoms with E-state index >= 15 is 0 Å². The van der Waals surface area contributed by atoms with Crippen molar-refractivity contribution in [3.8, 4) is 6.07 Å². The van der Waals surface area contributed by atoms with Crippen molar-refractivity contribution < 1.29 is 5.11 Å². The molecule has 1 aromatic rings. The zero-order valence-corrected chi connectivity index (χ0v) is 10.2. The lowest BCUT2D eigenvalue weighted by molar-refractivity contribution is 0.154. The van der Waals surface area contributed by atoms with Crippen molar-refractivity contribution >= 4 is 0 Å². The Kier molecular flexibility index (Phi) is 6.23. The number of aliphatic hydroxyl groups is 1. The highest BCUT2D eigenvalue weighted by molar-refractivity contribution is 5.08. The first-order chi connectivity index (χ1) is 8.22. The van der Waals surface area contributed by atoms with Crippen LogP contribution in [0.3, 0.4) is 0 Å². The van der Waals surface area contributed by atoms with E-state index in [-0.39, 0.29) is 6.10 Å². The van der Waals surface area contributed by atoms with Gasteiger partial charge in [0.2, 0.25) is 0 Å². The highest BCUT2D eigenvalue weighted by Crippen LogP contribution is 2.05. The van der Waals surface area contributed by atoms with E-state index in [1.807, 2.05) is 18.3 Å². The maximum absolute atomic E-state index is 9.29. The maximum Gasteiger partial charge on any atom is 0.0635 e. The van der Waals surface area contributed by atoms with Crippen molar-refractivity contribution in [3.05, 3.63) is 30.1 Å². The van der Waals surface area contributed by atoms with Crippen LogP contribution in [0, 0.1) is 11.3 Å². The number of pyridine rings is 1. The minimum absolute atomic E-state index is 0.298. The predicted molar refractivity (Wildman–Crippen MR) is 66.0 cm³/mol. The second kappa shape index (κ2) is 7.77. The van der Waals surface area contributed by atoms with E-state index in [1.54, 1.807) is 13.1 Å². The van der Waals surface area contributed by atoms with Crippen molar-refractivity contribution in [1.29, 1.82) is 5.26 Å². The quantitative estimate of drug-likeness (QED) is 0.776. The van der Waals surface area contributed by atoms with Gasteiger partial charge >= 0.3 is 0 Å². The smallest absolute Gasteiger partial charge is 0.0635 e. The molecule has 0 spiro atoms. The number of rotatable bonds is 7.